The molecule has 3 saturated carbocycles. The molecule has 1 N–H and O–H groups in total. The van der Waals surface area contributed by atoms with Crippen LogP contribution >= 0.6 is 0 Å². The Kier molecular flexibility index (Phi) is 4.88. The van der Waals surface area contributed by atoms with E-state index in [0.29, 0.717) is 11.8 Å². The molecule has 7 heteroatoms. The Labute approximate surface area is 224 Å². The molecule has 7 nitrogen and oxygen atoms in total. The zero-order valence-corrected chi connectivity index (χ0v) is 22.4. The molecular weight excluding hydrogens is 472 g/mol. The lowest BCUT2D eigenvalue weighted by Crippen LogP contribution is -2.43. The highest BCUT2D eigenvalue weighted by molar-refractivity contribution is 5.84. The monoisotopic (exact) mass is 510 g/mol. The lowest BCUT2D eigenvalue weighted by molar-refractivity contribution is 0.185. The van der Waals surface area contributed by atoms with E-state index in [0.717, 1.165) is 53.8 Å². The molecule has 1 aliphatic heterocycles. The molecule has 38 heavy (non-hydrogen) atoms. The summed E-state index contributed by atoms with van der Waals surface area (Å²) >= 11 is 0. The number of benzene rings is 1. The Morgan fingerprint density at radius 2 is 2.05 bits per heavy atom. The van der Waals surface area contributed by atoms with Gasteiger partial charge >= 0.3 is 0 Å². The second-order valence-corrected chi connectivity index (χ2v) is 12.7. The van der Waals surface area contributed by atoms with Gasteiger partial charge in [0.25, 0.3) is 5.56 Å². The Morgan fingerprint density at radius 3 is 2.82 bits per heavy atom. The molecule has 0 bridgehead atoms. The van der Waals surface area contributed by atoms with Crippen molar-refractivity contribution in [1.82, 2.24) is 29.2 Å². The summed E-state index contributed by atoms with van der Waals surface area (Å²) in [5, 5.41) is 9.84. The second-order valence-electron chi connectivity index (χ2n) is 12.7. The molecule has 4 fully saturated rings. The quantitative estimate of drug-likeness (QED) is 0.384. The van der Waals surface area contributed by atoms with Gasteiger partial charge in [-0.25, -0.2) is 0 Å². The van der Waals surface area contributed by atoms with Crippen molar-refractivity contribution in [1.29, 1.82) is 0 Å². The second kappa shape index (κ2) is 8.15. The van der Waals surface area contributed by atoms with Crippen LogP contribution in [0.1, 0.15) is 81.9 Å². The van der Waals surface area contributed by atoms with Gasteiger partial charge in [-0.1, -0.05) is 19.1 Å². The number of aromatic amines is 1. The first-order valence-corrected chi connectivity index (χ1v) is 14.5. The van der Waals surface area contributed by atoms with Crippen LogP contribution in [-0.2, 0) is 19.0 Å². The number of hydrogen-bond acceptors (Lipinski definition) is 4. The van der Waals surface area contributed by atoms with E-state index in [1.165, 1.54) is 55.5 Å². The van der Waals surface area contributed by atoms with Gasteiger partial charge in [-0.05, 0) is 98.6 Å². The van der Waals surface area contributed by atoms with E-state index in [-0.39, 0.29) is 12.4 Å². The molecular formula is C31H38N6O. The third-order valence-electron chi connectivity index (χ3n) is 9.86. The molecule has 1 saturated heterocycles. The van der Waals surface area contributed by atoms with Gasteiger partial charge in [0.1, 0.15) is 17.7 Å². The van der Waals surface area contributed by atoms with Gasteiger partial charge < -0.3 is 9.55 Å². The molecule has 4 heterocycles. The van der Waals surface area contributed by atoms with Gasteiger partial charge in [0.05, 0.1) is 5.41 Å². The molecule has 3 aliphatic carbocycles. The number of aryl methyl sites for hydroxylation is 1. The number of H-pyrrole nitrogens is 1. The number of likely N-dealkylation sites (tertiary alicyclic amines) is 1. The predicted molar refractivity (Wildman–Crippen MR) is 150 cm³/mol. The van der Waals surface area contributed by atoms with Crippen molar-refractivity contribution in [3.8, 4) is 5.69 Å². The number of nitrogens with zero attached hydrogens (tertiary/aromatic N) is 5. The lowest BCUT2D eigenvalue weighted by atomic mass is 9.58. The Morgan fingerprint density at radius 1 is 1.18 bits per heavy atom. The van der Waals surface area contributed by atoms with Crippen LogP contribution in [-0.4, -0.2) is 41.8 Å². The van der Waals surface area contributed by atoms with Gasteiger partial charge in [-0.15, -0.1) is 10.2 Å². The number of hydrogen-bond donors (Lipinski definition) is 1. The van der Waals surface area contributed by atoms with E-state index in [9.17, 15) is 4.79 Å². The molecule has 8 rings (SSSR count). The summed E-state index contributed by atoms with van der Waals surface area (Å²) in [6.07, 6.45) is 12.5. The van der Waals surface area contributed by atoms with Crippen molar-refractivity contribution < 1.29 is 1.43 Å². The SMILES string of the molecule is CC1CC(c2cccc(-n3cc(C4CC4)c4cc(CN5CCCC6CC65)[nH]c4c3=O)c2)(c2nncn2C)C1.[HH]. The molecule has 2 unspecified atom stereocenters. The van der Waals surface area contributed by atoms with E-state index in [1.54, 1.807) is 6.33 Å². The van der Waals surface area contributed by atoms with Gasteiger partial charge in [-0.2, -0.15) is 0 Å². The lowest BCUT2D eigenvalue weighted by Gasteiger charge is -2.46. The number of nitrogens with one attached hydrogen (secondary N) is 1. The van der Waals surface area contributed by atoms with Crippen LogP contribution in [0, 0.1) is 11.8 Å². The zero-order chi connectivity index (χ0) is 25.6. The van der Waals surface area contributed by atoms with Crippen molar-refractivity contribution in [2.75, 3.05) is 6.54 Å². The van der Waals surface area contributed by atoms with E-state index >= 15 is 0 Å². The van der Waals surface area contributed by atoms with Gasteiger partial charge in [0.15, 0.2) is 0 Å². The molecule has 4 aliphatic rings. The van der Waals surface area contributed by atoms with Crippen molar-refractivity contribution in [3.63, 3.8) is 0 Å². The maximum Gasteiger partial charge on any atom is 0.279 e. The fourth-order valence-electron chi connectivity index (χ4n) is 7.76. The Bertz CT molecular complexity index is 1610. The summed E-state index contributed by atoms with van der Waals surface area (Å²) in [7, 11) is 2.03. The zero-order valence-electron chi connectivity index (χ0n) is 22.4. The van der Waals surface area contributed by atoms with Crippen molar-refractivity contribution in [2.45, 2.75) is 75.8 Å². The fourth-order valence-corrected chi connectivity index (χ4v) is 7.76. The minimum atomic E-state index is -0.150. The Balaban J connectivity index is 0.00000253. The molecule has 3 aromatic heterocycles. The van der Waals surface area contributed by atoms with Crippen LogP contribution in [0.4, 0.5) is 0 Å². The van der Waals surface area contributed by atoms with Crippen LogP contribution in [0.15, 0.2) is 47.7 Å². The van der Waals surface area contributed by atoms with Crippen LogP contribution < -0.4 is 5.56 Å². The van der Waals surface area contributed by atoms with E-state index in [2.05, 4.69) is 68.1 Å². The largest absolute Gasteiger partial charge is 0.353 e. The van der Waals surface area contributed by atoms with Crippen LogP contribution in [0.3, 0.4) is 0 Å². The Hall–Kier alpha value is -3.19. The maximum absolute atomic E-state index is 14.0. The molecule has 0 radical (unpaired) electrons. The number of piperidine rings is 1. The summed E-state index contributed by atoms with van der Waals surface area (Å²) in [6, 6.07) is 11.6. The number of aromatic nitrogens is 5. The molecule has 4 aromatic rings. The van der Waals surface area contributed by atoms with E-state index in [4.69, 9.17) is 0 Å². The van der Waals surface area contributed by atoms with Gasteiger partial charge in [-0.3, -0.25) is 14.3 Å². The standard InChI is InChI=1S/C31H36N6O.H2/c1-19-14-31(15-19,30-34-32-18-35(30)2)22-6-3-7-24(12-22)37-17-26(20-8-9-20)25-13-23(33-28(25)29(37)38)16-36-10-4-5-21-11-27(21)36;/h3,6-7,12-13,17-21,27,33H,4-5,8-11,14-16H2,1-2H3;1H. The fraction of sp³-hybridized carbons (Fsp3) is 0.516. The number of fused-ring (bicyclic) bond motifs is 2. The normalized spacial score (nSPS) is 28.8. The minimum absolute atomic E-state index is 0. The average Bonchev–Trinajstić information content (AvgIpc) is 3.81. The summed E-state index contributed by atoms with van der Waals surface area (Å²) < 4.78 is 3.94. The van der Waals surface area contributed by atoms with E-state index < -0.39 is 0 Å². The third-order valence-corrected chi connectivity index (χ3v) is 9.86. The van der Waals surface area contributed by atoms with Crippen LogP contribution in [0.25, 0.3) is 16.6 Å². The first-order chi connectivity index (χ1) is 18.5. The highest BCUT2D eigenvalue weighted by atomic mass is 16.1. The van der Waals surface area contributed by atoms with Crippen molar-refractivity contribution in [2.24, 2.45) is 18.9 Å². The summed E-state index contributed by atoms with van der Waals surface area (Å²) in [4.78, 5) is 20.2. The number of rotatable bonds is 6. The molecule has 1 aromatic carbocycles. The topological polar surface area (TPSA) is 71.7 Å². The maximum atomic E-state index is 14.0. The van der Waals surface area contributed by atoms with E-state index in [1.807, 2.05) is 11.6 Å². The number of pyridine rings is 1. The highest BCUT2D eigenvalue weighted by Crippen LogP contribution is 2.52. The molecule has 0 spiro atoms. The summed E-state index contributed by atoms with van der Waals surface area (Å²) in [5.41, 5.74) is 5.32. The summed E-state index contributed by atoms with van der Waals surface area (Å²) in [6.45, 7) is 4.40. The predicted octanol–water partition coefficient (Wildman–Crippen LogP) is 5.27. The average molecular weight is 511 g/mol. The highest BCUT2D eigenvalue weighted by Gasteiger charge is 2.48. The third kappa shape index (κ3) is 3.47. The van der Waals surface area contributed by atoms with Gasteiger partial charge in [0, 0.05) is 44.0 Å². The van der Waals surface area contributed by atoms with Crippen molar-refractivity contribution in [3.05, 3.63) is 75.9 Å². The smallest absolute Gasteiger partial charge is 0.279 e. The van der Waals surface area contributed by atoms with Gasteiger partial charge in [0.2, 0.25) is 0 Å². The first kappa shape index (κ1) is 22.8. The first-order valence-electron chi connectivity index (χ1n) is 14.5. The molecule has 0 amide bonds. The summed E-state index contributed by atoms with van der Waals surface area (Å²) in [5.74, 6) is 3.11. The van der Waals surface area contributed by atoms with Crippen LogP contribution in [0.2, 0.25) is 0 Å². The minimum Gasteiger partial charge on any atom is -0.353 e. The molecule has 2 atom stereocenters. The molecule has 198 valence electrons. The van der Waals surface area contributed by atoms with Crippen LogP contribution in [0.5, 0.6) is 0 Å². The van der Waals surface area contributed by atoms with Crippen molar-refractivity contribution >= 4 is 10.9 Å².